The molecule has 1 aromatic carbocycles. The summed E-state index contributed by atoms with van der Waals surface area (Å²) >= 11 is 0. The molecule has 0 bridgehead atoms. The molecule has 0 aromatic heterocycles. The van der Waals surface area contributed by atoms with E-state index in [4.69, 9.17) is 0 Å². The van der Waals surface area contributed by atoms with Crippen LogP contribution in [-0.2, 0) is 11.2 Å². The first-order valence-electron chi connectivity index (χ1n) is 5.22. The molecule has 0 spiro atoms. The number of benzene rings is 1. The maximum absolute atomic E-state index is 11.5. The van der Waals surface area contributed by atoms with Gasteiger partial charge in [-0.05, 0) is 30.7 Å². The fourth-order valence-corrected chi connectivity index (χ4v) is 1.36. The van der Waals surface area contributed by atoms with E-state index in [1.807, 2.05) is 6.07 Å². The van der Waals surface area contributed by atoms with Gasteiger partial charge in [0.25, 0.3) is 0 Å². The van der Waals surface area contributed by atoms with E-state index >= 15 is 0 Å². The fraction of sp³-hybridized carbons (Fsp3) is 0.417. The van der Waals surface area contributed by atoms with Crippen molar-refractivity contribution in [3.8, 4) is 5.75 Å². The van der Waals surface area contributed by atoms with Crippen LogP contribution in [-0.4, -0.2) is 24.0 Å². The second kappa shape index (κ2) is 6.19. The van der Waals surface area contributed by atoms with Crippen LogP contribution in [0.4, 0.5) is 0 Å². The van der Waals surface area contributed by atoms with Gasteiger partial charge in [0.2, 0.25) is 0 Å². The average molecular weight is 207 g/mol. The van der Waals surface area contributed by atoms with Crippen LogP contribution in [0.15, 0.2) is 24.3 Å². The third-order valence-corrected chi connectivity index (χ3v) is 2.06. The van der Waals surface area contributed by atoms with Crippen LogP contribution < -0.4 is 5.32 Å². The van der Waals surface area contributed by atoms with Crippen LogP contribution in [0.2, 0.25) is 0 Å². The van der Waals surface area contributed by atoms with E-state index < -0.39 is 0 Å². The summed E-state index contributed by atoms with van der Waals surface area (Å²) in [5.74, 6) is 0.357. The van der Waals surface area contributed by atoms with Gasteiger partial charge in [-0.2, -0.15) is 0 Å². The van der Waals surface area contributed by atoms with Gasteiger partial charge in [0, 0.05) is 6.42 Å². The van der Waals surface area contributed by atoms with E-state index in [1.165, 1.54) is 0 Å². The summed E-state index contributed by atoms with van der Waals surface area (Å²) in [5, 5.41) is 12.3. The second-order valence-corrected chi connectivity index (χ2v) is 3.56. The van der Waals surface area contributed by atoms with Gasteiger partial charge in [0.15, 0.2) is 5.78 Å². The molecule has 0 saturated carbocycles. The molecule has 0 unspecified atom stereocenters. The van der Waals surface area contributed by atoms with Crippen molar-refractivity contribution in [1.29, 1.82) is 0 Å². The van der Waals surface area contributed by atoms with E-state index in [2.05, 4.69) is 12.2 Å². The summed E-state index contributed by atoms with van der Waals surface area (Å²) in [4.78, 5) is 11.5. The number of rotatable bonds is 6. The van der Waals surface area contributed by atoms with E-state index in [1.54, 1.807) is 18.2 Å². The number of phenols is 1. The van der Waals surface area contributed by atoms with Gasteiger partial charge < -0.3 is 10.4 Å². The van der Waals surface area contributed by atoms with Crippen molar-refractivity contribution in [2.45, 2.75) is 19.8 Å². The number of ketones is 1. The van der Waals surface area contributed by atoms with Crippen LogP contribution in [0.3, 0.4) is 0 Å². The lowest BCUT2D eigenvalue weighted by atomic mass is 10.1. The number of carbonyl (C=O) groups excluding carboxylic acids is 1. The number of nitrogens with one attached hydrogen (secondary N) is 1. The molecule has 0 radical (unpaired) electrons. The topological polar surface area (TPSA) is 49.3 Å². The second-order valence-electron chi connectivity index (χ2n) is 3.56. The molecule has 0 amide bonds. The Bertz CT molecular complexity index is 323. The predicted octanol–water partition coefficient (Wildman–Crippen LogP) is 1.50. The molecule has 0 atom stereocenters. The maximum Gasteiger partial charge on any atom is 0.150 e. The van der Waals surface area contributed by atoms with Crippen molar-refractivity contribution >= 4 is 5.78 Å². The molecule has 0 fully saturated rings. The molecule has 1 aromatic rings. The monoisotopic (exact) mass is 207 g/mol. The first-order valence-corrected chi connectivity index (χ1v) is 5.22. The molecule has 82 valence electrons. The van der Waals surface area contributed by atoms with E-state index in [9.17, 15) is 9.90 Å². The van der Waals surface area contributed by atoms with Crippen molar-refractivity contribution in [3.05, 3.63) is 29.8 Å². The Morgan fingerprint density at radius 1 is 1.47 bits per heavy atom. The Balaban J connectivity index is 2.37. The Morgan fingerprint density at radius 2 is 2.27 bits per heavy atom. The van der Waals surface area contributed by atoms with Gasteiger partial charge in [-0.15, -0.1) is 0 Å². The van der Waals surface area contributed by atoms with Gasteiger partial charge in [-0.1, -0.05) is 19.1 Å². The third kappa shape index (κ3) is 4.61. The largest absolute Gasteiger partial charge is 0.508 e. The summed E-state index contributed by atoms with van der Waals surface area (Å²) in [5.41, 5.74) is 0.860. The Kier molecular flexibility index (Phi) is 4.84. The van der Waals surface area contributed by atoms with Crippen LogP contribution in [0.25, 0.3) is 0 Å². The zero-order valence-corrected chi connectivity index (χ0v) is 8.99. The van der Waals surface area contributed by atoms with Crippen molar-refractivity contribution in [1.82, 2.24) is 5.32 Å². The van der Waals surface area contributed by atoms with E-state index in [0.29, 0.717) is 13.0 Å². The Labute approximate surface area is 90.1 Å². The van der Waals surface area contributed by atoms with Gasteiger partial charge in [-0.3, -0.25) is 4.79 Å². The maximum atomic E-state index is 11.5. The van der Waals surface area contributed by atoms with E-state index in [0.717, 1.165) is 18.5 Å². The van der Waals surface area contributed by atoms with Crippen LogP contribution >= 0.6 is 0 Å². The van der Waals surface area contributed by atoms with Crippen molar-refractivity contribution in [3.63, 3.8) is 0 Å². The molecule has 0 aliphatic carbocycles. The minimum absolute atomic E-state index is 0.147. The van der Waals surface area contributed by atoms with Crippen molar-refractivity contribution < 1.29 is 9.90 Å². The zero-order valence-electron chi connectivity index (χ0n) is 8.99. The Hall–Kier alpha value is -1.35. The number of aromatic hydroxyl groups is 1. The lowest BCUT2D eigenvalue weighted by molar-refractivity contribution is -0.117. The van der Waals surface area contributed by atoms with Gasteiger partial charge >= 0.3 is 0 Å². The first-order chi connectivity index (χ1) is 7.22. The van der Waals surface area contributed by atoms with Crippen LogP contribution in [0.5, 0.6) is 5.75 Å². The number of carbonyl (C=O) groups is 1. The molecule has 2 N–H and O–H groups in total. The number of hydrogen-bond acceptors (Lipinski definition) is 3. The normalized spacial score (nSPS) is 10.2. The zero-order chi connectivity index (χ0) is 11.1. The smallest absolute Gasteiger partial charge is 0.150 e. The SMILES string of the molecule is CCCNCC(=O)Cc1cccc(O)c1. The number of hydrogen-bond donors (Lipinski definition) is 2. The molecule has 15 heavy (non-hydrogen) atoms. The standard InChI is InChI=1S/C12H17NO2/c1-2-6-13-9-12(15)8-10-4-3-5-11(14)7-10/h3-5,7,13-14H,2,6,8-9H2,1H3. The highest BCUT2D eigenvalue weighted by Gasteiger charge is 2.03. The molecule has 0 aliphatic heterocycles. The van der Waals surface area contributed by atoms with Crippen molar-refractivity contribution in [2.24, 2.45) is 0 Å². The molecular formula is C12H17NO2. The minimum atomic E-state index is 0.147. The predicted molar refractivity (Wildman–Crippen MR) is 60.0 cm³/mol. The summed E-state index contributed by atoms with van der Waals surface area (Å²) < 4.78 is 0. The highest BCUT2D eigenvalue weighted by atomic mass is 16.3. The first kappa shape index (κ1) is 11.7. The molecular weight excluding hydrogens is 190 g/mol. The molecule has 1 rings (SSSR count). The van der Waals surface area contributed by atoms with E-state index in [-0.39, 0.29) is 11.5 Å². The fourth-order valence-electron chi connectivity index (χ4n) is 1.36. The lowest BCUT2D eigenvalue weighted by Crippen LogP contribution is -2.24. The molecule has 3 nitrogen and oxygen atoms in total. The molecule has 0 aliphatic rings. The number of phenolic OH excluding ortho intramolecular Hbond substituents is 1. The quantitative estimate of drug-likeness (QED) is 0.695. The Morgan fingerprint density at radius 3 is 2.93 bits per heavy atom. The summed E-state index contributed by atoms with van der Waals surface area (Å²) in [6, 6.07) is 6.82. The van der Waals surface area contributed by atoms with Gasteiger partial charge in [-0.25, -0.2) is 0 Å². The van der Waals surface area contributed by atoms with Gasteiger partial charge in [0.05, 0.1) is 6.54 Å². The molecule has 0 heterocycles. The summed E-state index contributed by atoms with van der Waals surface area (Å²) in [6.07, 6.45) is 1.41. The molecule has 3 heteroatoms. The highest BCUT2D eigenvalue weighted by molar-refractivity contribution is 5.82. The minimum Gasteiger partial charge on any atom is -0.508 e. The average Bonchev–Trinajstić information content (AvgIpc) is 2.18. The summed E-state index contributed by atoms with van der Waals surface area (Å²) in [6.45, 7) is 3.34. The highest BCUT2D eigenvalue weighted by Crippen LogP contribution is 2.11. The van der Waals surface area contributed by atoms with Gasteiger partial charge in [0.1, 0.15) is 5.75 Å². The van der Waals surface area contributed by atoms with Crippen LogP contribution in [0, 0.1) is 0 Å². The van der Waals surface area contributed by atoms with Crippen LogP contribution in [0.1, 0.15) is 18.9 Å². The number of Topliss-reactive ketones (excluding diaryl/α,β-unsaturated/α-hetero) is 1. The molecule has 0 saturated heterocycles. The third-order valence-electron chi connectivity index (χ3n) is 2.06. The van der Waals surface area contributed by atoms with Crippen molar-refractivity contribution in [2.75, 3.05) is 13.1 Å². The summed E-state index contributed by atoms with van der Waals surface area (Å²) in [7, 11) is 0. The lowest BCUT2D eigenvalue weighted by Gasteiger charge is -2.03.